The van der Waals surface area contributed by atoms with Crippen molar-refractivity contribution < 1.29 is 22.9 Å². The highest BCUT2D eigenvalue weighted by Gasteiger charge is 2.14. The number of carbonyl (C=O) groups is 1. The van der Waals surface area contributed by atoms with Crippen molar-refractivity contribution in [3.05, 3.63) is 18.2 Å². The van der Waals surface area contributed by atoms with Gasteiger partial charge in [0.1, 0.15) is 10.6 Å². The molecule has 1 aromatic carbocycles. The molecule has 0 saturated heterocycles. The van der Waals surface area contributed by atoms with Gasteiger partial charge in [0.2, 0.25) is 6.41 Å². The van der Waals surface area contributed by atoms with Gasteiger partial charge in [-0.1, -0.05) is 0 Å². The van der Waals surface area contributed by atoms with E-state index in [1.165, 1.54) is 6.07 Å². The molecule has 6 nitrogen and oxygen atoms in total. The summed E-state index contributed by atoms with van der Waals surface area (Å²) >= 11 is 0. The van der Waals surface area contributed by atoms with Gasteiger partial charge in [-0.2, -0.15) is 8.42 Å². The maximum atomic E-state index is 10.6. The average molecular weight is 217 g/mol. The molecule has 0 atom stereocenters. The van der Waals surface area contributed by atoms with Crippen LogP contribution in [0.5, 0.6) is 5.75 Å². The highest BCUT2D eigenvalue weighted by atomic mass is 32.2. The molecule has 7 heteroatoms. The molecule has 0 heterocycles. The molecule has 14 heavy (non-hydrogen) atoms. The van der Waals surface area contributed by atoms with Crippen molar-refractivity contribution >= 4 is 22.2 Å². The van der Waals surface area contributed by atoms with Crippen molar-refractivity contribution in [3.8, 4) is 5.75 Å². The van der Waals surface area contributed by atoms with Gasteiger partial charge in [-0.25, -0.2) is 0 Å². The minimum absolute atomic E-state index is 0.227. The molecule has 1 amide bonds. The molecular formula is C7H7NO5S. The number of hydrogen-bond donors (Lipinski definition) is 3. The van der Waals surface area contributed by atoms with Crippen molar-refractivity contribution in [1.82, 2.24) is 0 Å². The lowest BCUT2D eigenvalue weighted by Crippen LogP contribution is -2.00. The molecule has 0 aliphatic rings. The number of anilines is 1. The summed E-state index contributed by atoms with van der Waals surface area (Å²) in [7, 11) is -4.43. The van der Waals surface area contributed by atoms with Crippen LogP contribution in [0, 0.1) is 0 Å². The maximum absolute atomic E-state index is 10.6. The molecule has 0 saturated carbocycles. The third-order valence-corrected chi connectivity index (χ3v) is 2.36. The number of benzene rings is 1. The molecule has 76 valence electrons. The van der Waals surface area contributed by atoms with Gasteiger partial charge in [-0.05, 0) is 12.1 Å². The van der Waals surface area contributed by atoms with Crippen LogP contribution in [0.25, 0.3) is 0 Å². The first-order valence-electron chi connectivity index (χ1n) is 3.46. The van der Waals surface area contributed by atoms with Gasteiger partial charge < -0.3 is 10.4 Å². The summed E-state index contributed by atoms with van der Waals surface area (Å²) < 4.78 is 29.9. The number of hydrogen-bond acceptors (Lipinski definition) is 4. The molecule has 0 aliphatic heterocycles. The molecule has 0 unspecified atom stereocenters. The van der Waals surface area contributed by atoms with Crippen LogP contribution in [0.1, 0.15) is 0 Å². The summed E-state index contributed by atoms with van der Waals surface area (Å²) in [4.78, 5) is 9.40. The van der Waals surface area contributed by atoms with E-state index in [2.05, 4.69) is 5.32 Å². The van der Waals surface area contributed by atoms with E-state index < -0.39 is 20.8 Å². The summed E-state index contributed by atoms with van der Waals surface area (Å²) in [5.41, 5.74) is 0.227. The first kappa shape index (κ1) is 10.5. The van der Waals surface area contributed by atoms with Gasteiger partial charge in [-0.15, -0.1) is 0 Å². The Morgan fingerprint density at radius 2 is 2.00 bits per heavy atom. The van der Waals surface area contributed by atoms with E-state index in [0.29, 0.717) is 6.41 Å². The largest absolute Gasteiger partial charge is 0.506 e. The fourth-order valence-corrected chi connectivity index (χ4v) is 1.46. The number of aromatic hydroxyl groups is 1. The molecule has 3 N–H and O–H groups in total. The Labute approximate surface area is 79.9 Å². The minimum Gasteiger partial charge on any atom is -0.506 e. The molecule has 0 spiro atoms. The van der Waals surface area contributed by atoms with E-state index in [4.69, 9.17) is 9.66 Å². The monoisotopic (exact) mass is 217 g/mol. The lowest BCUT2D eigenvalue weighted by Gasteiger charge is -2.03. The average Bonchev–Trinajstić information content (AvgIpc) is 2.02. The van der Waals surface area contributed by atoms with E-state index in [0.717, 1.165) is 12.1 Å². The van der Waals surface area contributed by atoms with Crippen molar-refractivity contribution in [1.29, 1.82) is 0 Å². The Morgan fingerprint density at radius 1 is 1.36 bits per heavy atom. The molecule has 0 radical (unpaired) electrons. The lowest BCUT2D eigenvalue weighted by atomic mass is 10.3. The van der Waals surface area contributed by atoms with E-state index in [-0.39, 0.29) is 5.69 Å². The molecule has 1 aromatic rings. The molecule has 0 bridgehead atoms. The Balaban J connectivity index is 3.21. The smallest absolute Gasteiger partial charge is 0.298 e. The molecule has 0 aromatic heterocycles. The third kappa shape index (κ3) is 2.21. The Morgan fingerprint density at radius 3 is 2.43 bits per heavy atom. The van der Waals surface area contributed by atoms with Gasteiger partial charge in [0.15, 0.2) is 0 Å². The quantitative estimate of drug-likeness (QED) is 0.496. The van der Waals surface area contributed by atoms with Crippen LogP contribution in [-0.2, 0) is 14.9 Å². The second-order valence-corrected chi connectivity index (χ2v) is 3.81. The van der Waals surface area contributed by atoms with Crippen LogP contribution in [0.3, 0.4) is 0 Å². The second-order valence-electron chi connectivity index (χ2n) is 2.42. The predicted molar refractivity (Wildman–Crippen MR) is 47.6 cm³/mol. The van der Waals surface area contributed by atoms with Crippen LogP contribution >= 0.6 is 0 Å². The zero-order valence-electron chi connectivity index (χ0n) is 6.84. The van der Waals surface area contributed by atoms with E-state index in [1.54, 1.807) is 0 Å². The number of phenols is 1. The summed E-state index contributed by atoms with van der Waals surface area (Å²) in [6.45, 7) is 0. The summed E-state index contributed by atoms with van der Waals surface area (Å²) in [5.74, 6) is -0.626. The number of phenolic OH excluding ortho intramolecular Hbond substituents is 1. The molecule has 0 fully saturated rings. The highest BCUT2D eigenvalue weighted by molar-refractivity contribution is 7.86. The van der Waals surface area contributed by atoms with Gasteiger partial charge in [0, 0.05) is 11.8 Å². The Bertz CT molecular complexity index is 453. The van der Waals surface area contributed by atoms with E-state index >= 15 is 0 Å². The van der Waals surface area contributed by atoms with Gasteiger partial charge >= 0.3 is 0 Å². The number of rotatable bonds is 3. The topological polar surface area (TPSA) is 104 Å². The zero-order chi connectivity index (χ0) is 10.8. The van der Waals surface area contributed by atoms with E-state index in [9.17, 15) is 13.2 Å². The minimum atomic E-state index is -4.43. The highest BCUT2D eigenvalue weighted by Crippen LogP contribution is 2.25. The van der Waals surface area contributed by atoms with E-state index in [1.807, 2.05) is 0 Å². The van der Waals surface area contributed by atoms with Crippen LogP contribution in [0.2, 0.25) is 0 Å². The summed E-state index contributed by atoms with van der Waals surface area (Å²) in [5, 5.41) is 11.4. The van der Waals surface area contributed by atoms with Gasteiger partial charge in [0.25, 0.3) is 10.1 Å². The fourth-order valence-electron chi connectivity index (χ4n) is 0.893. The first-order valence-corrected chi connectivity index (χ1v) is 4.90. The summed E-state index contributed by atoms with van der Waals surface area (Å²) in [6, 6.07) is 3.23. The molecule has 0 aliphatic carbocycles. The van der Waals surface area contributed by atoms with Crippen LogP contribution < -0.4 is 5.32 Å². The molecule has 1 rings (SSSR count). The first-order chi connectivity index (χ1) is 6.45. The fraction of sp³-hybridized carbons (Fsp3) is 0. The summed E-state index contributed by atoms with van der Waals surface area (Å²) in [6.07, 6.45) is 0.377. The number of nitrogens with one attached hydrogen (secondary N) is 1. The maximum Gasteiger partial charge on any atom is 0.298 e. The number of carbonyl (C=O) groups excluding carboxylic acids is 1. The van der Waals surface area contributed by atoms with Crippen molar-refractivity contribution in [2.24, 2.45) is 0 Å². The second kappa shape index (κ2) is 3.64. The predicted octanol–water partition coefficient (Wildman–Crippen LogP) is 0.207. The number of amides is 1. The van der Waals surface area contributed by atoms with Crippen molar-refractivity contribution in [3.63, 3.8) is 0 Å². The lowest BCUT2D eigenvalue weighted by molar-refractivity contribution is -0.105. The Kier molecular flexibility index (Phi) is 2.73. The normalized spacial score (nSPS) is 10.9. The van der Waals surface area contributed by atoms with Crippen molar-refractivity contribution in [2.45, 2.75) is 4.90 Å². The van der Waals surface area contributed by atoms with Crippen LogP contribution in [0.15, 0.2) is 23.1 Å². The van der Waals surface area contributed by atoms with Crippen LogP contribution in [-0.4, -0.2) is 24.5 Å². The van der Waals surface area contributed by atoms with Crippen molar-refractivity contribution in [2.75, 3.05) is 5.32 Å². The standard InChI is InChI=1S/C7H7NO5S/c9-4-8-5-1-2-7(6(10)3-5)14(11,12)13/h1-4,10H,(H,8,9)(H,11,12,13). The zero-order valence-corrected chi connectivity index (χ0v) is 7.65. The SMILES string of the molecule is O=CNc1ccc(S(=O)(=O)O)c(O)c1. The molecular weight excluding hydrogens is 210 g/mol. The van der Waals surface area contributed by atoms with Gasteiger partial charge in [-0.3, -0.25) is 9.35 Å². The van der Waals surface area contributed by atoms with Gasteiger partial charge in [0.05, 0.1) is 0 Å². The van der Waals surface area contributed by atoms with Crippen LogP contribution in [0.4, 0.5) is 5.69 Å². The third-order valence-electron chi connectivity index (χ3n) is 1.46. The Hall–Kier alpha value is -1.60.